The van der Waals surface area contributed by atoms with E-state index in [0.29, 0.717) is 28.6 Å². The van der Waals surface area contributed by atoms with Crippen LogP contribution in [0.2, 0.25) is 5.02 Å². The van der Waals surface area contributed by atoms with Crippen LogP contribution in [-0.4, -0.2) is 11.7 Å². The van der Waals surface area contributed by atoms with Gasteiger partial charge in [0, 0.05) is 17.3 Å². The Morgan fingerprint density at radius 2 is 1.84 bits per heavy atom. The van der Waals surface area contributed by atoms with Crippen LogP contribution >= 0.6 is 23.4 Å². The Labute approximate surface area is 158 Å². The SMILES string of the molecule is CCc1ccc(CC)c(CNC(=O)CSCc2ccc(Cl)cc2F)c1. The summed E-state index contributed by atoms with van der Waals surface area (Å²) in [4.78, 5) is 12.1. The fourth-order valence-electron chi connectivity index (χ4n) is 2.55. The number of hydrogen-bond donors (Lipinski definition) is 1. The molecule has 0 saturated heterocycles. The number of hydrogen-bond acceptors (Lipinski definition) is 2. The molecular formula is C20H23ClFNOS. The molecule has 0 heterocycles. The highest BCUT2D eigenvalue weighted by atomic mass is 35.5. The maximum atomic E-state index is 13.7. The lowest BCUT2D eigenvalue weighted by atomic mass is 10.0. The molecular weight excluding hydrogens is 357 g/mol. The van der Waals surface area contributed by atoms with Gasteiger partial charge in [-0.1, -0.05) is 49.7 Å². The van der Waals surface area contributed by atoms with Gasteiger partial charge in [-0.25, -0.2) is 4.39 Å². The average Bonchev–Trinajstić information content (AvgIpc) is 2.61. The molecule has 0 radical (unpaired) electrons. The van der Waals surface area contributed by atoms with E-state index in [-0.39, 0.29) is 11.7 Å². The number of nitrogens with one attached hydrogen (secondary N) is 1. The zero-order valence-electron chi connectivity index (χ0n) is 14.6. The van der Waals surface area contributed by atoms with E-state index in [1.165, 1.54) is 34.5 Å². The predicted octanol–water partition coefficient (Wildman–Crippen LogP) is 5.15. The molecule has 0 fully saturated rings. The molecule has 0 aliphatic heterocycles. The van der Waals surface area contributed by atoms with Crippen LogP contribution in [-0.2, 0) is 29.9 Å². The Morgan fingerprint density at radius 1 is 1.08 bits per heavy atom. The van der Waals surface area contributed by atoms with Gasteiger partial charge in [-0.2, -0.15) is 0 Å². The molecule has 25 heavy (non-hydrogen) atoms. The lowest BCUT2D eigenvalue weighted by Crippen LogP contribution is -2.25. The second-order valence-electron chi connectivity index (χ2n) is 5.82. The van der Waals surface area contributed by atoms with Gasteiger partial charge in [-0.05, 0) is 47.2 Å². The van der Waals surface area contributed by atoms with Gasteiger partial charge < -0.3 is 5.32 Å². The number of thioether (sulfide) groups is 1. The molecule has 2 aromatic carbocycles. The molecule has 0 unspecified atom stereocenters. The quantitative estimate of drug-likeness (QED) is 0.686. The van der Waals surface area contributed by atoms with E-state index < -0.39 is 0 Å². The fourth-order valence-corrected chi connectivity index (χ4v) is 3.55. The minimum absolute atomic E-state index is 0.0386. The third-order valence-corrected chi connectivity index (χ3v) is 5.26. The van der Waals surface area contributed by atoms with E-state index in [4.69, 9.17) is 11.6 Å². The molecule has 0 bridgehead atoms. The summed E-state index contributed by atoms with van der Waals surface area (Å²) in [5.41, 5.74) is 4.26. The number of benzene rings is 2. The third-order valence-electron chi connectivity index (χ3n) is 4.04. The van der Waals surface area contributed by atoms with Crippen molar-refractivity contribution in [1.82, 2.24) is 5.32 Å². The predicted molar refractivity (Wildman–Crippen MR) is 105 cm³/mol. The Balaban J connectivity index is 1.83. The highest BCUT2D eigenvalue weighted by Crippen LogP contribution is 2.19. The number of amides is 1. The van der Waals surface area contributed by atoms with Gasteiger partial charge in [-0.3, -0.25) is 4.79 Å². The van der Waals surface area contributed by atoms with Crippen LogP contribution in [0.1, 0.15) is 36.1 Å². The topological polar surface area (TPSA) is 29.1 Å². The van der Waals surface area contributed by atoms with Crippen molar-refractivity contribution in [2.75, 3.05) is 5.75 Å². The van der Waals surface area contributed by atoms with E-state index in [9.17, 15) is 9.18 Å². The van der Waals surface area contributed by atoms with Crippen LogP contribution in [0.5, 0.6) is 0 Å². The normalized spacial score (nSPS) is 10.7. The average molecular weight is 380 g/mol. The fraction of sp³-hybridized carbons (Fsp3) is 0.350. The van der Waals surface area contributed by atoms with Crippen LogP contribution in [0.15, 0.2) is 36.4 Å². The molecule has 0 saturated carbocycles. The summed E-state index contributed by atoms with van der Waals surface area (Å²) >= 11 is 7.13. The minimum Gasteiger partial charge on any atom is -0.351 e. The Kier molecular flexibility index (Phi) is 7.79. The molecule has 1 N–H and O–H groups in total. The standard InChI is InChI=1S/C20H23ClFNOS/c1-3-14-5-6-15(4-2)17(9-14)11-23-20(24)13-25-12-16-7-8-18(21)10-19(16)22/h5-10H,3-4,11-13H2,1-2H3,(H,23,24). The van der Waals surface area contributed by atoms with E-state index >= 15 is 0 Å². The van der Waals surface area contributed by atoms with Crippen molar-refractivity contribution in [2.45, 2.75) is 39.0 Å². The molecule has 0 aromatic heterocycles. The van der Waals surface area contributed by atoms with Crippen molar-refractivity contribution < 1.29 is 9.18 Å². The van der Waals surface area contributed by atoms with Crippen LogP contribution in [0.25, 0.3) is 0 Å². The second kappa shape index (κ2) is 9.83. The molecule has 0 spiro atoms. The Hall–Kier alpha value is -1.52. The maximum Gasteiger partial charge on any atom is 0.230 e. The summed E-state index contributed by atoms with van der Waals surface area (Å²) in [6, 6.07) is 11.1. The largest absolute Gasteiger partial charge is 0.351 e. The first kappa shape index (κ1) is 19.8. The van der Waals surface area contributed by atoms with Crippen molar-refractivity contribution in [3.63, 3.8) is 0 Å². The van der Waals surface area contributed by atoms with Gasteiger partial charge in [0.25, 0.3) is 0 Å². The third kappa shape index (κ3) is 6.05. The zero-order valence-corrected chi connectivity index (χ0v) is 16.1. The summed E-state index contributed by atoms with van der Waals surface area (Å²) in [5, 5.41) is 3.34. The van der Waals surface area contributed by atoms with Gasteiger partial charge in [-0.15, -0.1) is 11.8 Å². The monoisotopic (exact) mass is 379 g/mol. The maximum absolute atomic E-state index is 13.7. The highest BCUT2D eigenvalue weighted by molar-refractivity contribution is 7.99. The molecule has 134 valence electrons. The lowest BCUT2D eigenvalue weighted by molar-refractivity contribution is -0.118. The van der Waals surface area contributed by atoms with Gasteiger partial charge >= 0.3 is 0 Å². The van der Waals surface area contributed by atoms with E-state index in [1.807, 2.05) is 0 Å². The molecule has 0 aliphatic rings. The Morgan fingerprint density at radius 3 is 2.52 bits per heavy atom. The molecule has 2 nitrogen and oxygen atoms in total. The first-order valence-electron chi connectivity index (χ1n) is 8.42. The first-order valence-corrected chi connectivity index (χ1v) is 9.95. The van der Waals surface area contributed by atoms with Gasteiger partial charge in [0.1, 0.15) is 5.82 Å². The van der Waals surface area contributed by atoms with E-state index in [0.717, 1.165) is 12.8 Å². The number of carbonyl (C=O) groups excluding carboxylic acids is 1. The summed E-state index contributed by atoms with van der Waals surface area (Å²) in [5.74, 6) is 0.381. The van der Waals surface area contributed by atoms with Crippen LogP contribution in [0, 0.1) is 5.82 Å². The van der Waals surface area contributed by atoms with Gasteiger partial charge in [0.15, 0.2) is 0 Å². The molecule has 5 heteroatoms. The summed E-state index contributed by atoms with van der Waals surface area (Å²) in [7, 11) is 0. The molecule has 0 aliphatic carbocycles. The molecule has 2 aromatic rings. The minimum atomic E-state index is -0.329. The van der Waals surface area contributed by atoms with Crippen molar-refractivity contribution >= 4 is 29.3 Å². The summed E-state index contributed by atoms with van der Waals surface area (Å²) in [6.07, 6.45) is 1.92. The van der Waals surface area contributed by atoms with E-state index in [1.54, 1.807) is 12.1 Å². The molecule has 0 atom stereocenters. The number of carbonyl (C=O) groups is 1. The lowest BCUT2D eigenvalue weighted by Gasteiger charge is -2.11. The number of rotatable bonds is 8. The van der Waals surface area contributed by atoms with Gasteiger partial charge in [0.05, 0.1) is 5.75 Å². The number of halogens is 2. The summed E-state index contributed by atoms with van der Waals surface area (Å²) in [6.45, 7) is 4.77. The Bertz CT molecular complexity index is 736. The van der Waals surface area contributed by atoms with Crippen LogP contribution < -0.4 is 5.32 Å². The smallest absolute Gasteiger partial charge is 0.230 e. The van der Waals surface area contributed by atoms with E-state index in [2.05, 4.69) is 37.4 Å². The van der Waals surface area contributed by atoms with Crippen LogP contribution in [0.4, 0.5) is 4.39 Å². The van der Waals surface area contributed by atoms with Crippen LogP contribution in [0.3, 0.4) is 0 Å². The summed E-state index contributed by atoms with van der Waals surface area (Å²) < 4.78 is 13.7. The van der Waals surface area contributed by atoms with Crippen molar-refractivity contribution in [3.05, 3.63) is 69.5 Å². The number of aryl methyl sites for hydroxylation is 2. The zero-order chi connectivity index (χ0) is 18.2. The highest BCUT2D eigenvalue weighted by Gasteiger charge is 2.08. The van der Waals surface area contributed by atoms with Crippen molar-refractivity contribution in [2.24, 2.45) is 0 Å². The first-order chi connectivity index (χ1) is 12.0. The second-order valence-corrected chi connectivity index (χ2v) is 7.24. The molecule has 2 rings (SSSR count). The van der Waals surface area contributed by atoms with Gasteiger partial charge in [0.2, 0.25) is 5.91 Å². The van der Waals surface area contributed by atoms with Crippen molar-refractivity contribution in [1.29, 1.82) is 0 Å². The molecule has 1 amide bonds. The van der Waals surface area contributed by atoms with Crippen molar-refractivity contribution in [3.8, 4) is 0 Å².